The summed E-state index contributed by atoms with van der Waals surface area (Å²) in [5.41, 5.74) is 7.42. The highest BCUT2D eigenvalue weighted by Gasteiger charge is 2.09. The van der Waals surface area contributed by atoms with E-state index in [1.54, 1.807) is 12.1 Å². The fourth-order valence-electron chi connectivity index (χ4n) is 1.56. The van der Waals surface area contributed by atoms with Crippen LogP contribution in [-0.4, -0.2) is 11.8 Å². The lowest BCUT2D eigenvalue weighted by Crippen LogP contribution is -2.05. The summed E-state index contributed by atoms with van der Waals surface area (Å²) >= 11 is 0. The number of hydrogen-bond donors (Lipinski definition) is 2. The molecule has 0 unspecified atom stereocenters. The van der Waals surface area contributed by atoms with E-state index in [1.807, 2.05) is 6.92 Å². The van der Waals surface area contributed by atoms with Crippen molar-refractivity contribution in [2.24, 2.45) is 0 Å². The molecule has 0 radical (unpaired) electrons. The minimum atomic E-state index is -0.460. The molecule has 0 amide bonds. The fraction of sp³-hybridized carbons (Fsp3) is 0.308. The average Bonchev–Trinajstić information content (AvgIpc) is 2.90. The first-order valence-electron chi connectivity index (χ1n) is 6.05. The Bertz CT molecular complexity index is 529. The molecule has 3 N–H and O–H groups in total. The molecular weight excluding hydrogens is 249 g/mol. The van der Waals surface area contributed by atoms with E-state index in [1.165, 1.54) is 12.3 Å². The molecule has 0 aliphatic rings. The maximum Gasteiger partial charge on any atom is 0.167 e. The van der Waals surface area contributed by atoms with Crippen LogP contribution < -0.4 is 15.8 Å². The van der Waals surface area contributed by atoms with Crippen molar-refractivity contribution < 1.29 is 13.7 Å². The summed E-state index contributed by atoms with van der Waals surface area (Å²) < 4.78 is 23.6. The van der Waals surface area contributed by atoms with Gasteiger partial charge in [-0.2, -0.15) is 0 Å². The van der Waals surface area contributed by atoms with Gasteiger partial charge >= 0.3 is 0 Å². The number of nitrogens with zero attached hydrogens (tertiary/aromatic N) is 1. The van der Waals surface area contributed by atoms with Crippen molar-refractivity contribution in [2.45, 2.75) is 19.9 Å². The Morgan fingerprint density at radius 3 is 3.00 bits per heavy atom. The van der Waals surface area contributed by atoms with Crippen LogP contribution in [0.2, 0.25) is 0 Å². The molecule has 6 heteroatoms. The highest BCUT2D eigenvalue weighted by Crippen LogP contribution is 2.28. The largest absolute Gasteiger partial charge is 0.490 e. The lowest BCUT2D eigenvalue weighted by Gasteiger charge is -2.12. The van der Waals surface area contributed by atoms with E-state index in [0.29, 0.717) is 24.5 Å². The Morgan fingerprint density at radius 1 is 1.47 bits per heavy atom. The van der Waals surface area contributed by atoms with Crippen molar-refractivity contribution in [2.75, 3.05) is 17.7 Å². The second-order valence-corrected chi connectivity index (χ2v) is 4.06. The molecule has 0 saturated carbocycles. The zero-order valence-electron chi connectivity index (χ0n) is 10.6. The number of aromatic nitrogens is 1. The normalized spacial score (nSPS) is 10.4. The quantitative estimate of drug-likeness (QED) is 0.786. The van der Waals surface area contributed by atoms with E-state index in [9.17, 15) is 4.39 Å². The Kier molecular flexibility index (Phi) is 4.22. The van der Waals surface area contributed by atoms with Crippen LogP contribution in [0, 0.1) is 5.82 Å². The molecule has 19 heavy (non-hydrogen) atoms. The zero-order chi connectivity index (χ0) is 13.7. The predicted molar refractivity (Wildman–Crippen MR) is 70.4 cm³/mol. The number of rotatable bonds is 6. The van der Waals surface area contributed by atoms with Crippen molar-refractivity contribution in [3.05, 3.63) is 36.0 Å². The molecule has 1 aromatic heterocycles. The molecule has 2 aromatic rings. The van der Waals surface area contributed by atoms with E-state index >= 15 is 0 Å². The molecule has 0 aliphatic carbocycles. The first-order chi connectivity index (χ1) is 9.20. The van der Waals surface area contributed by atoms with Crippen LogP contribution in [0.25, 0.3) is 0 Å². The zero-order valence-corrected chi connectivity index (χ0v) is 10.6. The Balaban J connectivity index is 2.10. The first-order valence-corrected chi connectivity index (χ1v) is 6.05. The van der Waals surface area contributed by atoms with Gasteiger partial charge in [0.25, 0.3) is 0 Å². The van der Waals surface area contributed by atoms with Crippen molar-refractivity contribution in [3.8, 4) is 5.75 Å². The van der Waals surface area contributed by atoms with E-state index in [-0.39, 0.29) is 5.75 Å². The van der Waals surface area contributed by atoms with Gasteiger partial charge in [-0.3, -0.25) is 0 Å². The SMILES string of the molecule is CCCOc1cc(NCc2ccon2)c(N)cc1F. The van der Waals surface area contributed by atoms with Gasteiger partial charge < -0.3 is 20.3 Å². The molecule has 0 atom stereocenters. The van der Waals surface area contributed by atoms with E-state index < -0.39 is 5.82 Å². The molecule has 0 bridgehead atoms. The highest BCUT2D eigenvalue weighted by atomic mass is 19.1. The van der Waals surface area contributed by atoms with Crippen molar-refractivity contribution in [1.82, 2.24) is 5.16 Å². The molecular formula is C13H16FN3O2. The predicted octanol–water partition coefficient (Wildman–Crippen LogP) is 2.80. The maximum atomic E-state index is 13.6. The second kappa shape index (κ2) is 6.08. The smallest absolute Gasteiger partial charge is 0.167 e. The van der Waals surface area contributed by atoms with Gasteiger partial charge in [-0.25, -0.2) is 4.39 Å². The number of ether oxygens (including phenoxy) is 1. The minimum Gasteiger partial charge on any atom is -0.490 e. The van der Waals surface area contributed by atoms with Crippen molar-refractivity contribution in [1.29, 1.82) is 0 Å². The third-order valence-corrected chi connectivity index (χ3v) is 2.52. The number of nitrogens with one attached hydrogen (secondary N) is 1. The van der Waals surface area contributed by atoms with Crippen molar-refractivity contribution >= 4 is 11.4 Å². The van der Waals surface area contributed by atoms with Gasteiger partial charge in [0.1, 0.15) is 12.0 Å². The summed E-state index contributed by atoms with van der Waals surface area (Å²) in [5.74, 6) is -0.267. The summed E-state index contributed by atoms with van der Waals surface area (Å²) in [7, 11) is 0. The van der Waals surface area contributed by atoms with Gasteiger partial charge in [0, 0.05) is 18.2 Å². The topological polar surface area (TPSA) is 73.3 Å². The van der Waals surface area contributed by atoms with Gasteiger partial charge in [0.2, 0.25) is 0 Å². The number of nitrogens with two attached hydrogens (primary N) is 1. The number of anilines is 2. The third kappa shape index (κ3) is 3.37. The van der Waals surface area contributed by atoms with Crippen LogP contribution in [0.1, 0.15) is 19.0 Å². The fourth-order valence-corrected chi connectivity index (χ4v) is 1.56. The number of benzene rings is 1. The Hall–Kier alpha value is -2.24. The number of nitrogen functional groups attached to an aromatic ring is 1. The molecule has 2 rings (SSSR count). The standard InChI is InChI=1S/C13H16FN3O2/c1-2-4-18-13-7-12(11(15)6-10(13)14)16-8-9-3-5-19-17-9/h3,5-7,16H,2,4,8,15H2,1H3. The summed E-state index contributed by atoms with van der Waals surface area (Å²) in [6.07, 6.45) is 2.30. The summed E-state index contributed by atoms with van der Waals surface area (Å²) in [5, 5.41) is 6.83. The Labute approximate surface area is 110 Å². The van der Waals surface area contributed by atoms with Crippen LogP contribution in [-0.2, 0) is 6.54 Å². The molecule has 1 aromatic carbocycles. The highest BCUT2D eigenvalue weighted by molar-refractivity contribution is 5.68. The summed E-state index contributed by atoms with van der Waals surface area (Å²) in [4.78, 5) is 0. The summed E-state index contributed by atoms with van der Waals surface area (Å²) in [6.45, 7) is 2.86. The van der Waals surface area contributed by atoms with Crippen LogP contribution in [0.3, 0.4) is 0 Å². The third-order valence-electron chi connectivity index (χ3n) is 2.52. The molecule has 102 valence electrons. The lowest BCUT2D eigenvalue weighted by molar-refractivity contribution is 0.301. The van der Waals surface area contributed by atoms with Crippen LogP contribution >= 0.6 is 0 Å². The van der Waals surface area contributed by atoms with Gasteiger partial charge in [0.05, 0.1) is 24.5 Å². The molecule has 0 aliphatic heterocycles. The Morgan fingerprint density at radius 2 is 2.32 bits per heavy atom. The molecule has 0 saturated heterocycles. The van der Waals surface area contributed by atoms with E-state index in [0.717, 1.165) is 12.1 Å². The first kappa shape index (κ1) is 13.2. The maximum absolute atomic E-state index is 13.6. The molecule has 5 nitrogen and oxygen atoms in total. The van der Waals surface area contributed by atoms with Gasteiger partial charge in [-0.05, 0) is 6.42 Å². The van der Waals surface area contributed by atoms with Gasteiger partial charge in [-0.15, -0.1) is 0 Å². The van der Waals surface area contributed by atoms with Gasteiger partial charge in [0.15, 0.2) is 11.6 Å². The van der Waals surface area contributed by atoms with E-state index in [2.05, 4.69) is 10.5 Å². The second-order valence-electron chi connectivity index (χ2n) is 4.06. The number of halogens is 1. The minimum absolute atomic E-state index is 0.193. The van der Waals surface area contributed by atoms with E-state index in [4.69, 9.17) is 15.0 Å². The van der Waals surface area contributed by atoms with Crippen molar-refractivity contribution in [3.63, 3.8) is 0 Å². The van der Waals surface area contributed by atoms with Crippen LogP contribution in [0.15, 0.2) is 29.0 Å². The monoisotopic (exact) mass is 265 g/mol. The van der Waals surface area contributed by atoms with Gasteiger partial charge in [-0.1, -0.05) is 12.1 Å². The molecule has 0 fully saturated rings. The molecule has 0 spiro atoms. The lowest BCUT2D eigenvalue weighted by atomic mass is 10.2. The summed E-state index contributed by atoms with van der Waals surface area (Å²) in [6, 6.07) is 4.54. The van der Waals surface area contributed by atoms with Crippen LogP contribution in [0.5, 0.6) is 5.75 Å². The average molecular weight is 265 g/mol. The van der Waals surface area contributed by atoms with Crippen LogP contribution in [0.4, 0.5) is 15.8 Å². The molecule has 1 heterocycles. The number of hydrogen-bond acceptors (Lipinski definition) is 5.